The van der Waals surface area contributed by atoms with E-state index in [0.29, 0.717) is 15.9 Å². The molecule has 1 aromatic heterocycles. The monoisotopic (exact) mass is 427 g/mol. The first-order valence-corrected chi connectivity index (χ1v) is 10.8. The Morgan fingerprint density at radius 1 is 1.21 bits per heavy atom. The van der Waals surface area contributed by atoms with Crippen LogP contribution in [0.2, 0.25) is 5.02 Å². The van der Waals surface area contributed by atoms with E-state index in [2.05, 4.69) is 27.9 Å². The van der Waals surface area contributed by atoms with Crippen LogP contribution in [0.4, 0.5) is 5.69 Å². The molecule has 3 aromatic rings. The normalized spacial score (nSPS) is 18.0. The number of aryl methyl sites for hydroxylation is 1. The number of fused-ring (bicyclic) bond motifs is 1. The summed E-state index contributed by atoms with van der Waals surface area (Å²) in [6, 6.07) is 15.3. The number of rotatable bonds is 5. The molecule has 2 heterocycles. The molecule has 2 atom stereocenters. The molecular weight excluding hydrogens is 406 g/mol. The molecule has 4 rings (SSSR count). The van der Waals surface area contributed by atoms with Gasteiger partial charge in [0.25, 0.3) is 0 Å². The number of halogens is 1. The summed E-state index contributed by atoms with van der Waals surface area (Å²) in [4.78, 5) is 13.3. The molecule has 0 unspecified atom stereocenters. The van der Waals surface area contributed by atoms with Gasteiger partial charge in [0.15, 0.2) is 5.82 Å². The lowest BCUT2D eigenvalue weighted by Crippen LogP contribution is -2.41. The zero-order chi connectivity index (χ0) is 20.4. The summed E-state index contributed by atoms with van der Waals surface area (Å²) in [6.07, 6.45) is 1.79. The Morgan fingerprint density at radius 3 is 2.76 bits per heavy atom. The molecule has 1 aliphatic rings. The van der Waals surface area contributed by atoms with Gasteiger partial charge in [0.1, 0.15) is 5.25 Å². The largest absolute Gasteiger partial charge is 0.325 e. The van der Waals surface area contributed by atoms with E-state index in [0.717, 1.165) is 29.8 Å². The van der Waals surface area contributed by atoms with E-state index in [4.69, 9.17) is 11.6 Å². The molecule has 0 aliphatic carbocycles. The number of anilines is 1. The third-order valence-corrected chi connectivity index (χ3v) is 6.54. The Balaban J connectivity index is 1.67. The van der Waals surface area contributed by atoms with E-state index in [-0.39, 0.29) is 11.9 Å². The molecule has 2 aromatic carbocycles. The van der Waals surface area contributed by atoms with Crippen molar-refractivity contribution >= 4 is 35.0 Å². The molecular formula is C21H22ClN5OS. The Hall–Kier alpha value is -2.51. The van der Waals surface area contributed by atoms with E-state index in [1.54, 1.807) is 0 Å². The second-order valence-electron chi connectivity index (χ2n) is 6.94. The molecule has 0 spiro atoms. The summed E-state index contributed by atoms with van der Waals surface area (Å²) < 4.78 is 1.92. The van der Waals surface area contributed by atoms with Crippen LogP contribution in [0.5, 0.6) is 0 Å². The van der Waals surface area contributed by atoms with Crippen molar-refractivity contribution in [3.63, 3.8) is 0 Å². The van der Waals surface area contributed by atoms with Crippen molar-refractivity contribution in [2.45, 2.75) is 43.1 Å². The van der Waals surface area contributed by atoms with Gasteiger partial charge in [-0.3, -0.25) is 4.79 Å². The Morgan fingerprint density at radius 2 is 2.00 bits per heavy atom. The maximum absolute atomic E-state index is 13.3. The molecule has 0 saturated carbocycles. The molecule has 8 heteroatoms. The highest BCUT2D eigenvalue weighted by molar-refractivity contribution is 8.00. The fourth-order valence-corrected chi connectivity index (χ4v) is 4.61. The van der Waals surface area contributed by atoms with Gasteiger partial charge in [-0.25, -0.2) is 4.68 Å². The summed E-state index contributed by atoms with van der Waals surface area (Å²) in [7, 11) is 0. The van der Waals surface area contributed by atoms with Crippen LogP contribution >= 0.6 is 23.4 Å². The standard InChI is InChI=1S/C21H22ClN5OS/c1-3-8-17-24-25-21-27(17)26-18(14-9-5-4-6-10-14)19(29-21)20(28)23-16-12-7-11-15(22)13(16)2/h4-7,9-12,18-19,26H,3,8H2,1-2H3,(H,23,28)/t18-,19+/m1/s1. The number of amides is 1. The molecule has 150 valence electrons. The van der Waals surface area contributed by atoms with Gasteiger partial charge in [-0.1, -0.05) is 66.7 Å². The third kappa shape index (κ3) is 3.97. The molecule has 1 amide bonds. The van der Waals surface area contributed by atoms with Gasteiger partial charge in [0, 0.05) is 17.1 Å². The average molecular weight is 428 g/mol. The van der Waals surface area contributed by atoms with Crippen molar-refractivity contribution in [3.8, 4) is 0 Å². The van der Waals surface area contributed by atoms with Gasteiger partial charge in [-0.05, 0) is 36.6 Å². The molecule has 0 fully saturated rings. The molecule has 1 aliphatic heterocycles. The highest BCUT2D eigenvalue weighted by Gasteiger charge is 2.37. The van der Waals surface area contributed by atoms with Gasteiger partial charge in [-0.15, -0.1) is 10.2 Å². The molecule has 6 nitrogen and oxygen atoms in total. The summed E-state index contributed by atoms with van der Waals surface area (Å²) in [5.74, 6) is 0.772. The number of carbonyl (C=O) groups excluding carboxylic acids is 1. The fraction of sp³-hybridized carbons (Fsp3) is 0.286. The Bertz CT molecular complexity index is 1020. The van der Waals surface area contributed by atoms with Gasteiger partial charge >= 0.3 is 0 Å². The molecule has 29 heavy (non-hydrogen) atoms. The summed E-state index contributed by atoms with van der Waals surface area (Å²) >= 11 is 7.64. The van der Waals surface area contributed by atoms with E-state index in [1.165, 1.54) is 11.8 Å². The van der Waals surface area contributed by atoms with Gasteiger partial charge < -0.3 is 10.7 Å². The van der Waals surface area contributed by atoms with Crippen LogP contribution in [0.25, 0.3) is 0 Å². The lowest BCUT2D eigenvalue weighted by Gasteiger charge is -2.33. The number of nitrogens with zero attached hydrogens (tertiary/aromatic N) is 3. The lowest BCUT2D eigenvalue weighted by molar-refractivity contribution is -0.116. The van der Waals surface area contributed by atoms with Crippen LogP contribution in [0.3, 0.4) is 0 Å². The van der Waals surface area contributed by atoms with Gasteiger partial charge in [0.2, 0.25) is 11.1 Å². The fourth-order valence-electron chi connectivity index (χ4n) is 3.34. The van der Waals surface area contributed by atoms with Crippen molar-refractivity contribution in [3.05, 3.63) is 70.5 Å². The van der Waals surface area contributed by atoms with Crippen LogP contribution < -0.4 is 10.7 Å². The van der Waals surface area contributed by atoms with Crippen LogP contribution in [0.15, 0.2) is 53.7 Å². The Kier molecular flexibility index (Phi) is 5.78. The van der Waals surface area contributed by atoms with E-state index in [1.807, 2.05) is 60.1 Å². The Labute approximate surface area is 179 Å². The minimum Gasteiger partial charge on any atom is -0.325 e. The van der Waals surface area contributed by atoms with Crippen LogP contribution in [-0.4, -0.2) is 26.0 Å². The maximum Gasteiger partial charge on any atom is 0.240 e. The number of nitrogens with one attached hydrogen (secondary N) is 2. The minimum atomic E-state index is -0.415. The van der Waals surface area contributed by atoms with Gasteiger partial charge in [0.05, 0.1) is 6.04 Å². The smallest absolute Gasteiger partial charge is 0.240 e. The SMILES string of the molecule is CCCc1nnc2n1N[C@H](c1ccccc1)[C@@H](C(=O)Nc1cccc(Cl)c1C)S2. The summed E-state index contributed by atoms with van der Waals surface area (Å²) in [5.41, 5.74) is 6.07. The van der Waals surface area contributed by atoms with Crippen molar-refractivity contribution in [2.24, 2.45) is 0 Å². The first-order chi connectivity index (χ1) is 14.1. The molecule has 0 saturated heterocycles. The van der Waals surface area contributed by atoms with Crippen molar-refractivity contribution in [1.29, 1.82) is 0 Å². The number of thioether (sulfide) groups is 1. The highest BCUT2D eigenvalue weighted by Crippen LogP contribution is 2.38. The lowest BCUT2D eigenvalue weighted by atomic mass is 10.0. The maximum atomic E-state index is 13.3. The van der Waals surface area contributed by atoms with Crippen LogP contribution in [0, 0.1) is 6.92 Å². The summed E-state index contributed by atoms with van der Waals surface area (Å²) in [6.45, 7) is 4.00. The van der Waals surface area contributed by atoms with Crippen molar-refractivity contribution in [2.75, 3.05) is 10.7 Å². The first kappa shape index (κ1) is 19.8. The second-order valence-corrected chi connectivity index (χ2v) is 8.46. The molecule has 0 radical (unpaired) electrons. The van der Waals surface area contributed by atoms with Crippen molar-refractivity contribution in [1.82, 2.24) is 14.9 Å². The van der Waals surface area contributed by atoms with E-state index >= 15 is 0 Å². The zero-order valence-electron chi connectivity index (χ0n) is 16.2. The van der Waals surface area contributed by atoms with E-state index < -0.39 is 5.25 Å². The minimum absolute atomic E-state index is 0.104. The topological polar surface area (TPSA) is 71.8 Å². The predicted octanol–water partition coefficient (Wildman–Crippen LogP) is 4.59. The average Bonchev–Trinajstić information content (AvgIpc) is 3.13. The second kappa shape index (κ2) is 8.47. The number of carbonyl (C=O) groups is 1. The third-order valence-electron chi connectivity index (χ3n) is 4.92. The van der Waals surface area contributed by atoms with Gasteiger partial charge in [-0.2, -0.15) is 0 Å². The van der Waals surface area contributed by atoms with Crippen molar-refractivity contribution < 1.29 is 4.79 Å². The number of aromatic nitrogens is 3. The quantitative estimate of drug-likeness (QED) is 0.623. The zero-order valence-corrected chi connectivity index (χ0v) is 17.8. The number of hydrogen-bond donors (Lipinski definition) is 2. The molecule has 2 N–H and O–H groups in total. The number of benzene rings is 2. The highest BCUT2D eigenvalue weighted by atomic mass is 35.5. The summed E-state index contributed by atoms with van der Waals surface area (Å²) in [5, 5.41) is 12.5. The van der Waals surface area contributed by atoms with Crippen LogP contribution in [-0.2, 0) is 11.2 Å². The first-order valence-electron chi connectivity index (χ1n) is 9.57. The van der Waals surface area contributed by atoms with Crippen LogP contribution in [0.1, 0.15) is 36.3 Å². The van der Waals surface area contributed by atoms with E-state index in [9.17, 15) is 4.79 Å². The molecule has 0 bridgehead atoms. The number of hydrogen-bond acceptors (Lipinski definition) is 5. The predicted molar refractivity (Wildman–Crippen MR) is 117 cm³/mol.